The summed E-state index contributed by atoms with van der Waals surface area (Å²) in [5, 5.41) is 9.53. The van der Waals surface area contributed by atoms with E-state index < -0.39 is 12.0 Å². The summed E-state index contributed by atoms with van der Waals surface area (Å²) in [5.74, 6) is 0.335. The Morgan fingerprint density at radius 1 is 1.25 bits per heavy atom. The van der Waals surface area contributed by atoms with Crippen LogP contribution in [0.25, 0.3) is 0 Å². The molecule has 1 aromatic carbocycles. The van der Waals surface area contributed by atoms with Gasteiger partial charge in [0.1, 0.15) is 11.8 Å². The van der Waals surface area contributed by atoms with Gasteiger partial charge in [0, 0.05) is 11.3 Å². The lowest BCUT2D eigenvalue weighted by Gasteiger charge is -2.34. The van der Waals surface area contributed by atoms with E-state index in [4.69, 9.17) is 4.74 Å². The normalized spacial score (nSPS) is 24.8. The van der Waals surface area contributed by atoms with Crippen molar-refractivity contribution < 1.29 is 19.4 Å². The predicted molar refractivity (Wildman–Crippen MR) is 93.4 cm³/mol. The topological polar surface area (TPSA) is 66.8 Å². The first-order valence-electron chi connectivity index (χ1n) is 8.43. The number of hydrogen-bond acceptors (Lipinski definition) is 4. The van der Waals surface area contributed by atoms with Gasteiger partial charge in [-0.15, -0.1) is 11.8 Å². The minimum atomic E-state index is -0.919. The smallest absolute Gasteiger partial charge is 0.327 e. The molecule has 1 aliphatic heterocycles. The number of methoxy groups -OCH3 is 1. The third kappa shape index (κ3) is 3.38. The third-order valence-corrected chi connectivity index (χ3v) is 6.39. The SMILES string of the molecule is COc1cccc(C(=O)N2[C@@H](C(=O)O)CS[C@@H]2C2CCCCC2)c1. The summed E-state index contributed by atoms with van der Waals surface area (Å²) in [7, 11) is 1.56. The number of carbonyl (C=O) groups excluding carboxylic acids is 1. The van der Waals surface area contributed by atoms with Gasteiger partial charge in [-0.05, 0) is 37.0 Å². The molecule has 0 bridgehead atoms. The Morgan fingerprint density at radius 3 is 2.67 bits per heavy atom. The van der Waals surface area contributed by atoms with Crippen LogP contribution in [-0.2, 0) is 4.79 Å². The van der Waals surface area contributed by atoms with Crippen LogP contribution in [0.5, 0.6) is 5.75 Å². The van der Waals surface area contributed by atoms with Gasteiger partial charge >= 0.3 is 5.97 Å². The van der Waals surface area contributed by atoms with Crippen LogP contribution in [0.1, 0.15) is 42.5 Å². The number of ether oxygens (including phenoxy) is 1. The van der Waals surface area contributed by atoms with Crippen LogP contribution in [0, 0.1) is 5.92 Å². The summed E-state index contributed by atoms with van der Waals surface area (Å²) in [5.41, 5.74) is 0.490. The van der Waals surface area contributed by atoms with Gasteiger partial charge in [-0.25, -0.2) is 4.79 Å². The van der Waals surface area contributed by atoms with Crippen LogP contribution in [0.4, 0.5) is 0 Å². The number of carbonyl (C=O) groups is 2. The number of thioether (sulfide) groups is 1. The van der Waals surface area contributed by atoms with Crippen LogP contribution in [0.3, 0.4) is 0 Å². The number of rotatable bonds is 4. The van der Waals surface area contributed by atoms with E-state index in [1.165, 1.54) is 19.3 Å². The number of benzene rings is 1. The second kappa shape index (κ2) is 7.47. The Bertz CT molecular complexity index is 615. The first-order chi connectivity index (χ1) is 11.6. The summed E-state index contributed by atoms with van der Waals surface area (Å²) in [6, 6.07) is 6.21. The molecule has 3 rings (SSSR count). The second-order valence-corrected chi connectivity index (χ2v) is 7.57. The molecule has 1 aliphatic carbocycles. The van der Waals surface area contributed by atoms with Crippen LogP contribution in [0.2, 0.25) is 0 Å². The average molecular weight is 349 g/mol. The first kappa shape index (κ1) is 17.1. The summed E-state index contributed by atoms with van der Waals surface area (Å²) >= 11 is 1.62. The molecule has 0 aromatic heterocycles. The van der Waals surface area contributed by atoms with Crippen molar-refractivity contribution in [2.75, 3.05) is 12.9 Å². The monoisotopic (exact) mass is 349 g/mol. The molecule has 1 amide bonds. The second-order valence-electron chi connectivity index (χ2n) is 6.42. The molecule has 1 heterocycles. The van der Waals surface area contributed by atoms with Gasteiger partial charge < -0.3 is 14.7 Å². The van der Waals surface area contributed by atoms with Crippen molar-refractivity contribution in [2.45, 2.75) is 43.5 Å². The fourth-order valence-electron chi connectivity index (χ4n) is 3.66. The molecule has 1 saturated heterocycles. The lowest BCUT2D eigenvalue weighted by Crippen LogP contribution is -2.48. The van der Waals surface area contributed by atoms with Crippen molar-refractivity contribution in [3.63, 3.8) is 0 Å². The lowest BCUT2D eigenvalue weighted by molar-refractivity contribution is -0.141. The Hall–Kier alpha value is -1.69. The van der Waals surface area contributed by atoms with Crippen LogP contribution in [0.15, 0.2) is 24.3 Å². The summed E-state index contributed by atoms with van der Waals surface area (Å²) in [6.07, 6.45) is 5.72. The number of nitrogens with zero attached hydrogens (tertiary/aromatic N) is 1. The molecule has 0 spiro atoms. The highest BCUT2D eigenvalue weighted by atomic mass is 32.2. The first-order valence-corrected chi connectivity index (χ1v) is 9.48. The summed E-state index contributed by atoms with van der Waals surface area (Å²) < 4.78 is 5.19. The maximum atomic E-state index is 13.1. The number of aliphatic carboxylic acids is 1. The zero-order valence-electron chi connectivity index (χ0n) is 13.8. The highest BCUT2D eigenvalue weighted by Crippen LogP contribution is 2.41. The fourth-order valence-corrected chi connectivity index (χ4v) is 5.29. The highest BCUT2D eigenvalue weighted by molar-refractivity contribution is 8.00. The van der Waals surface area contributed by atoms with Crippen molar-refractivity contribution in [3.05, 3.63) is 29.8 Å². The van der Waals surface area contributed by atoms with Gasteiger partial charge in [0.25, 0.3) is 5.91 Å². The quantitative estimate of drug-likeness (QED) is 0.904. The fraction of sp³-hybridized carbons (Fsp3) is 0.556. The third-order valence-electron chi connectivity index (χ3n) is 4.92. The number of carboxylic acids is 1. The molecule has 1 saturated carbocycles. The number of carboxylic acid groups (broad SMARTS) is 1. The number of amides is 1. The van der Waals surface area contributed by atoms with Gasteiger partial charge in [0.2, 0.25) is 0 Å². The van der Waals surface area contributed by atoms with Crippen LogP contribution in [-0.4, -0.2) is 46.2 Å². The predicted octanol–water partition coefficient (Wildman–Crippen LogP) is 3.24. The maximum Gasteiger partial charge on any atom is 0.327 e. The molecule has 5 nitrogen and oxygen atoms in total. The van der Waals surface area contributed by atoms with Crippen molar-refractivity contribution >= 4 is 23.6 Å². The standard InChI is InChI=1S/C18H23NO4S/c1-23-14-9-5-8-13(10-14)16(20)19-15(18(21)22)11-24-17(19)12-6-3-2-4-7-12/h5,8-10,12,15,17H,2-4,6-7,11H2,1H3,(H,21,22)/t15-,17-/m1/s1. The molecule has 2 fully saturated rings. The van der Waals surface area contributed by atoms with E-state index >= 15 is 0 Å². The van der Waals surface area contributed by atoms with Crippen LogP contribution < -0.4 is 4.74 Å². The molecular weight excluding hydrogens is 326 g/mol. The van der Waals surface area contributed by atoms with Crippen molar-refractivity contribution in [2.24, 2.45) is 5.92 Å². The molecule has 24 heavy (non-hydrogen) atoms. The Balaban J connectivity index is 1.88. The largest absolute Gasteiger partial charge is 0.497 e. The molecule has 1 N–H and O–H groups in total. The van der Waals surface area contributed by atoms with Crippen LogP contribution >= 0.6 is 11.8 Å². The lowest BCUT2D eigenvalue weighted by atomic mass is 9.88. The average Bonchev–Trinajstić information content (AvgIpc) is 3.07. The number of hydrogen-bond donors (Lipinski definition) is 1. The van der Waals surface area contributed by atoms with E-state index in [1.807, 2.05) is 0 Å². The zero-order chi connectivity index (χ0) is 17.1. The Morgan fingerprint density at radius 2 is 2.00 bits per heavy atom. The minimum Gasteiger partial charge on any atom is -0.497 e. The van der Waals surface area contributed by atoms with Crippen molar-refractivity contribution in [1.82, 2.24) is 4.90 Å². The maximum absolute atomic E-state index is 13.1. The van der Waals surface area contributed by atoms with E-state index in [0.717, 1.165) is 12.8 Å². The highest BCUT2D eigenvalue weighted by Gasteiger charge is 2.45. The molecule has 130 valence electrons. The van der Waals surface area contributed by atoms with Gasteiger partial charge in [-0.2, -0.15) is 0 Å². The molecule has 1 aromatic rings. The molecular formula is C18H23NO4S. The minimum absolute atomic E-state index is 0.0369. The molecule has 6 heteroatoms. The van der Waals surface area contributed by atoms with E-state index in [-0.39, 0.29) is 11.3 Å². The summed E-state index contributed by atoms with van der Waals surface area (Å²) in [4.78, 5) is 26.4. The van der Waals surface area contributed by atoms with Crippen molar-refractivity contribution in [1.29, 1.82) is 0 Å². The molecule has 0 unspecified atom stereocenters. The molecule has 2 atom stereocenters. The van der Waals surface area contributed by atoms with Gasteiger partial charge in [-0.3, -0.25) is 4.79 Å². The van der Waals surface area contributed by atoms with E-state index in [0.29, 0.717) is 23.0 Å². The van der Waals surface area contributed by atoms with Gasteiger partial charge in [-0.1, -0.05) is 25.3 Å². The van der Waals surface area contributed by atoms with Gasteiger partial charge in [0.05, 0.1) is 12.5 Å². The Labute approximate surface area is 146 Å². The van der Waals surface area contributed by atoms with E-state index in [2.05, 4.69) is 0 Å². The Kier molecular flexibility index (Phi) is 5.33. The molecule has 0 radical (unpaired) electrons. The van der Waals surface area contributed by atoms with Crippen molar-refractivity contribution in [3.8, 4) is 5.75 Å². The molecule has 2 aliphatic rings. The van der Waals surface area contributed by atoms with Gasteiger partial charge in [0.15, 0.2) is 0 Å². The summed E-state index contributed by atoms with van der Waals surface area (Å²) in [6.45, 7) is 0. The van der Waals surface area contributed by atoms with E-state index in [9.17, 15) is 14.7 Å². The van der Waals surface area contributed by atoms with E-state index in [1.54, 1.807) is 48.0 Å². The zero-order valence-corrected chi connectivity index (χ0v) is 14.6.